The van der Waals surface area contributed by atoms with Gasteiger partial charge < -0.3 is 4.90 Å². The van der Waals surface area contributed by atoms with Crippen molar-refractivity contribution in [3.63, 3.8) is 0 Å². The molecule has 2 rings (SSSR count). The molecular weight excluding hydrogens is 164 g/mol. The van der Waals surface area contributed by atoms with Gasteiger partial charge in [-0.1, -0.05) is 0 Å². The van der Waals surface area contributed by atoms with Crippen LogP contribution in [-0.4, -0.2) is 22.6 Å². The zero-order valence-corrected chi connectivity index (χ0v) is 7.40. The van der Waals surface area contributed by atoms with E-state index in [0.29, 0.717) is 5.84 Å². The summed E-state index contributed by atoms with van der Waals surface area (Å²) in [6.45, 7) is 0.900. The van der Waals surface area contributed by atoms with Gasteiger partial charge in [0.05, 0.1) is 0 Å². The minimum Gasteiger partial charge on any atom is -0.314 e. The Kier molecular flexibility index (Phi) is 2.21. The van der Waals surface area contributed by atoms with Gasteiger partial charge in [-0.15, -0.1) is 5.10 Å². The van der Waals surface area contributed by atoms with E-state index in [2.05, 4.69) is 10.2 Å². The third-order valence-corrected chi connectivity index (χ3v) is 2.21. The van der Waals surface area contributed by atoms with E-state index in [4.69, 9.17) is 5.41 Å². The molecule has 0 atom stereocenters. The third kappa shape index (κ3) is 1.66. The second-order valence-electron chi connectivity index (χ2n) is 3.14. The molecule has 13 heavy (non-hydrogen) atoms. The van der Waals surface area contributed by atoms with E-state index in [1.54, 1.807) is 6.20 Å². The predicted octanol–water partition coefficient (Wildman–Crippen LogP) is 1.44. The summed E-state index contributed by atoms with van der Waals surface area (Å²) >= 11 is 0. The van der Waals surface area contributed by atoms with E-state index >= 15 is 0 Å². The minimum absolute atomic E-state index is 0.659. The topological polar surface area (TPSA) is 52.9 Å². The van der Waals surface area contributed by atoms with Gasteiger partial charge >= 0.3 is 0 Å². The highest BCUT2D eigenvalue weighted by molar-refractivity contribution is 5.95. The van der Waals surface area contributed by atoms with E-state index in [-0.39, 0.29) is 0 Å². The molecule has 0 spiro atoms. The summed E-state index contributed by atoms with van der Waals surface area (Å²) in [5.74, 6) is 1.46. The molecule has 0 aliphatic carbocycles. The number of anilines is 1. The van der Waals surface area contributed by atoms with E-state index in [1.807, 2.05) is 17.0 Å². The van der Waals surface area contributed by atoms with Gasteiger partial charge in [0.15, 0.2) is 5.82 Å². The molecule has 4 heteroatoms. The SMILES string of the molecule is N=C1CCCCN1c1cccnn1. The normalized spacial score (nSPS) is 17.5. The van der Waals surface area contributed by atoms with Crippen molar-refractivity contribution in [2.45, 2.75) is 19.3 Å². The second kappa shape index (κ2) is 3.51. The van der Waals surface area contributed by atoms with Crippen molar-refractivity contribution in [3.05, 3.63) is 18.3 Å². The average Bonchev–Trinajstić information content (AvgIpc) is 2.20. The number of amidine groups is 1. The van der Waals surface area contributed by atoms with Crippen LogP contribution in [0.3, 0.4) is 0 Å². The van der Waals surface area contributed by atoms with Crippen LogP contribution in [0, 0.1) is 5.41 Å². The third-order valence-electron chi connectivity index (χ3n) is 2.21. The van der Waals surface area contributed by atoms with Gasteiger partial charge in [0.2, 0.25) is 0 Å². The zero-order chi connectivity index (χ0) is 9.10. The molecule has 68 valence electrons. The minimum atomic E-state index is 0.659. The molecule has 1 fully saturated rings. The first-order valence-electron chi connectivity index (χ1n) is 4.50. The Bertz CT molecular complexity index is 296. The molecule has 0 radical (unpaired) electrons. The van der Waals surface area contributed by atoms with Crippen molar-refractivity contribution in [3.8, 4) is 0 Å². The maximum absolute atomic E-state index is 7.74. The molecular formula is C9H12N4. The van der Waals surface area contributed by atoms with Gasteiger partial charge in [0.1, 0.15) is 5.84 Å². The molecule has 0 amide bonds. The van der Waals surface area contributed by atoms with Gasteiger partial charge in [-0.05, 0) is 25.0 Å². The Morgan fingerprint density at radius 3 is 3.00 bits per heavy atom. The number of piperidine rings is 1. The Labute approximate surface area is 77.1 Å². The number of rotatable bonds is 1. The molecule has 1 aromatic heterocycles. The van der Waals surface area contributed by atoms with Crippen molar-refractivity contribution in [2.75, 3.05) is 11.4 Å². The zero-order valence-electron chi connectivity index (χ0n) is 7.40. The number of hydrogen-bond acceptors (Lipinski definition) is 3. The lowest BCUT2D eigenvalue weighted by atomic mass is 10.1. The summed E-state index contributed by atoms with van der Waals surface area (Å²) < 4.78 is 0. The average molecular weight is 176 g/mol. The molecule has 1 N–H and O–H groups in total. The first-order chi connectivity index (χ1) is 6.38. The summed E-state index contributed by atoms with van der Waals surface area (Å²) in [6.07, 6.45) is 4.77. The maximum Gasteiger partial charge on any atom is 0.156 e. The maximum atomic E-state index is 7.74. The van der Waals surface area contributed by atoms with Gasteiger partial charge in [0, 0.05) is 19.2 Å². The summed E-state index contributed by atoms with van der Waals surface area (Å²) in [5.41, 5.74) is 0. The smallest absolute Gasteiger partial charge is 0.156 e. The van der Waals surface area contributed by atoms with Gasteiger partial charge in [-0.3, -0.25) is 5.41 Å². The molecule has 0 unspecified atom stereocenters. The van der Waals surface area contributed by atoms with Crippen LogP contribution in [0.25, 0.3) is 0 Å². The van der Waals surface area contributed by atoms with Crippen LogP contribution >= 0.6 is 0 Å². The molecule has 0 bridgehead atoms. The van der Waals surface area contributed by atoms with Crippen LogP contribution in [-0.2, 0) is 0 Å². The lowest BCUT2D eigenvalue weighted by Gasteiger charge is -2.27. The number of nitrogens with zero attached hydrogens (tertiary/aromatic N) is 3. The monoisotopic (exact) mass is 176 g/mol. The van der Waals surface area contributed by atoms with E-state index in [1.165, 1.54) is 0 Å². The van der Waals surface area contributed by atoms with Crippen molar-refractivity contribution < 1.29 is 0 Å². The van der Waals surface area contributed by atoms with Gasteiger partial charge in [-0.2, -0.15) is 5.10 Å². The summed E-state index contributed by atoms with van der Waals surface area (Å²) in [7, 11) is 0. The fourth-order valence-corrected chi connectivity index (χ4v) is 1.52. The second-order valence-corrected chi connectivity index (χ2v) is 3.14. The molecule has 1 aromatic rings. The standard InChI is InChI=1S/C9H12N4/c10-8-4-1-2-7-13(8)9-5-3-6-11-12-9/h3,5-6,10H,1-2,4,7H2. The molecule has 1 saturated heterocycles. The van der Waals surface area contributed by atoms with Gasteiger partial charge in [0.25, 0.3) is 0 Å². The van der Waals surface area contributed by atoms with Crippen molar-refractivity contribution in [1.82, 2.24) is 10.2 Å². The quantitative estimate of drug-likeness (QED) is 0.704. The Balaban J connectivity index is 2.20. The predicted molar refractivity (Wildman–Crippen MR) is 51.0 cm³/mol. The fraction of sp³-hybridized carbons (Fsp3) is 0.444. The van der Waals surface area contributed by atoms with E-state index < -0.39 is 0 Å². The van der Waals surface area contributed by atoms with Crippen LogP contribution in [0.15, 0.2) is 18.3 Å². The Hall–Kier alpha value is -1.45. The molecule has 0 aromatic carbocycles. The summed E-state index contributed by atoms with van der Waals surface area (Å²) in [5, 5.41) is 15.5. The van der Waals surface area contributed by atoms with Crippen LogP contribution in [0.1, 0.15) is 19.3 Å². The highest BCUT2D eigenvalue weighted by Crippen LogP contribution is 2.17. The number of hydrogen-bond donors (Lipinski definition) is 1. The fourth-order valence-electron chi connectivity index (χ4n) is 1.52. The Morgan fingerprint density at radius 2 is 2.31 bits per heavy atom. The highest BCUT2D eigenvalue weighted by Gasteiger charge is 2.17. The molecule has 1 aliphatic rings. The van der Waals surface area contributed by atoms with Crippen LogP contribution in [0.5, 0.6) is 0 Å². The molecule has 0 saturated carbocycles. The van der Waals surface area contributed by atoms with Gasteiger partial charge in [-0.25, -0.2) is 0 Å². The van der Waals surface area contributed by atoms with Crippen molar-refractivity contribution in [1.29, 1.82) is 5.41 Å². The molecule has 4 nitrogen and oxygen atoms in total. The van der Waals surface area contributed by atoms with E-state index in [0.717, 1.165) is 31.6 Å². The number of aromatic nitrogens is 2. The van der Waals surface area contributed by atoms with Crippen LogP contribution < -0.4 is 4.90 Å². The van der Waals surface area contributed by atoms with Crippen molar-refractivity contribution in [2.24, 2.45) is 0 Å². The highest BCUT2D eigenvalue weighted by atomic mass is 15.3. The first kappa shape index (κ1) is 8.16. The lowest BCUT2D eigenvalue weighted by molar-refractivity contribution is 0.699. The van der Waals surface area contributed by atoms with E-state index in [9.17, 15) is 0 Å². The molecule has 2 heterocycles. The number of nitrogens with one attached hydrogen (secondary N) is 1. The summed E-state index contributed by atoms with van der Waals surface area (Å²) in [6, 6.07) is 3.75. The Morgan fingerprint density at radius 1 is 1.38 bits per heavy atom. The molecule has 1 aliphatic heterocycles. The first-order valence-corrected chi connectivity index (χ1v) is 4.50. The van der Waals surface area contributed by atoms with Crippen molar-refractivity contribution >= 4 is 11.7 Å². The largest absolute Gasteiger partial charge is 0.314 e. The van der Waals surface area contributed by atoms with Crippen LogP contribution in [0.2, 0.25) is 0 Å². The van der Waals surface area contributed by atoms with Crippen LogP contribution in [0.4, 0.5) is 5.82 Å². The summed E-state index contributed by atoms with van der Waals surface area (Å²) in [4.78, 5) is 1.93. The lowest BCUT2D eigenvalue weighted by Crippen LogP contribution is -2.35.